The predicted molar refractivity (Wildman–Crippen MR) is 121 cm³/mol. The smallest absolute Gasteiger partial charge is 0.243 e. The highest BCUT2D eigenvalue weighted by Gasteiger charge is 2.33. The van der Waals surface area contributed by atoms with E-state index in [2.05, 4.69) is 5.32 Å². The average molecular weight is 508 g/mol. The van der Waals surface area contributed by atoms with Crippen LogP contribution in [0.5, 0.6) is 11.5 Å². The number of ether oxygens (including phenoxy) is 2. The number of nitrogens with zero attached hydrogens (tertiary/aromatic N) is 1. The second-order valence-electron chi connectivity index (χ2n) is 6.93. The third-order valence-corrected chi connectivity index (χ3v) is 8.01. The molecule has 11 heteroatoms. The number of rotatable bonds is 6. The van der Waals surface area contributed by atoms with Crippen LogP contribution in [0, 0.1) is 5.92 Å². The van der Waals surface area contributed by atoms with Gasteiger partial charge in [-0.1, -0.05) is 34.8 Å². The van der Waals surface area contributed by atoms with Crippen molar-refractivity contribution in [3.05, 3.63) is 45.4 Å². The summed E-state index contributed by atoms with van der Waals surface area (Å²) < 4.78 is 37.8. The maximum atomic E-state index is 13.0. The summed E-state index contributed by atoms with van der Waals surface area (Å²) in [6.07, 6.45) is 0.745. The minimum atomic E-state index is -3.73. The first kappa shape index (κ1) is 23.9. The van der Waals surface area contributed by atoms with Gasteiger partial charge in [-0.25, -0.2) is 8.42 Å². The fourth-order valence-electron chi connectivity index (χ4n) is 3.34. The number of carbonyl (C=O) groups excluding carboxylic acids is 1. The average Bonchev–Trinajstić information content (AvgIpc) is 2.76. The van der Waals surface area contributed by atoms with E-state index in [1.165, 1.54) is 42.8 Å². The van der Waals surface area contributed by atoms with Crippen LogP contribution in [-0.2, 0) is 14.8 Å². The Balaban J connectivity index is 1.67. The Bertz CT molecular complexity index is 1090. The summed E-state index contributed by atoms with van der Waals surface area (Å²) in [5.74, 6) is 0.167. The Morgan fingerprint density at radius 3 is 2.19 bits per heavy atom. The fraction of sp³-hybridized carbons (Fsp3) is 0.350. The highest BCUT2D eigenvalue weighted by Crippen LogP contribution is 2.34. The Kier molecular flexibility index (Phi) is 7.59. The molecule has 0 unspecified atom stereocenters. The quantitative estimate of drug-likeness (QED) is 0.573. The number of nitrogens with one attached hydrogen (secondary N) is 1. The standard InChI is InChI=1S/C20H21Cl3N2O5S/c1-29-18-4-3-13(9-19(18)30-2)31(27,28)25-7-5-12(6-8-25)20(26)24-17-11-15(22)14(21)10-16(17)23/h3-4,9-12H,5-8H2,1-2H3,(H,24,26). The molecular formula is C20H21Cl3N2O5S. The van der Waals surface area contributed by atoms with E-state index in [4.69, 9.17) is 44.3 Å². The molecule has 0 aliphatic carbocycles. The van der Waals surface area contributed by atoms with Gasteiger partial charge in [0, 0.05) is 25.1 Å². The lowest BCUT2D eigenvalue weighted by atomic mass is 9.97. The van der Waals surface area contributed by atoms with Gasteiger partial charge in [-0.2, -0.15) is 4.31 Å². The second kappa shape index (κ2) is 9.83. The minimum Gasteiger partial charge on any atom is -0.493 e. The first-order valence-electron chi connectivity index (χ1n) is 9.35. The molecule has 31 heavy (non-hydrogen) atoms. The van der Waals surface area contributed by atoms with Crippen molar-refractivity contribution < 1.29 is 22.7 Å². The van der Waals surface area contributed by atoms with Crippen molar-refractivity contribution in [2.45, 2.75) is 17.7 Å². The van der Waals surface area contributed by atoms with Gasteiger partial charge < -0.3 is 14.8 Å². The molecule has 7 nitrogen and oxygen atoms in total. The van der Waals surface area contributed by atoms with E-state index in [0.29, 0.717) is 35.1 Å². The van der Waals surface area contributed by atoms with Crippen molar-refractivity contribution in [1.29, 1.82) is 0 Å². The third-order valence-electron chi connectivity index (χ3n) is 5.09. The molecule has 0 saturated carbocycles. The van der Waals surface area contributed by atoms with E-state index in [9.17, 15) is 13.2 Å². The number of carbonyl (C=O) groups is 1. The molecule has 0 radical (unpaired) electrons. The van der Waals surface area contributed by atoms with E-state index < -0.39 is 10.0 Å². The predicted octanol–water partition coefficient (Wildman–Crippen LogP) is 4.70. The van der Waals surface area contributed by atoms with Crippen LogP contribution in [0.3, 0.4) is 0 Å². The van der Waals surface area contributed by atoms with Crippen LogP contribution >= 0.6 is 34.8 Å². The molecule has 2 aromatic carbocycles. The number of methoxy groups -OCH3 is 2. The molecule has 1 heterocycles. The lowest BCUT2D eigenvalue weighted by Gasteiger charge is -2.30. The van der Waals surface area contributed by atoms with Gasteiger partial charge >= 0.3 is 0 Å². The lowest BCUT2D eigenvalue weighted by Crippen LogP contribution is -2.41. The minimum absolute atomic E-state index is 0.107. The maximum absolute atomic E-state index is 13.0. The summed E-state index contributed by atoms with van der Waals surface area (Å²) in [6.45, 7) is 0.424. The highest BCUT2D eigenvalue weighted by atomic mass is 35.5. The molecule has 1 saturated heterocycles. The highest BCUT2D eigenvalue weighted by molar-refractivity contribution is 7.89. The van der Waals surface area contributed by atoms with Gasteiger partial charge in [0.2, 0.25) is 15.9 Å². The van der Waals surface area contributed by atoms with Crippen LogP contribution in [-0.4, -0.2) is 45.9 Å². The summed E-state index contributed by atoms with van der Waals surface area (Å²) in [4.78, 5) is 12.8. The zero-order valence-corrected chi connectivity index (χ0v) is 19.9. The Hall–Kier alpha value is -1.71. The Labute approximate surface area is 196 Å². The van der Waals surface area contributed by atoms with Gasteiger partial charge in [-0.05, 0) is 37.1 Å². The molecule has 1 aliphatic rings. The van der Waals surface area contributed by atoms with E-state index >= 15 is 0 Å². The molecule has 1 amide bonds. The van der Waals surface area contributed by atoms with Crippen LogP contribution in [0.2, 0.25) is 15.1 Å². The number of benzene rings is 2. The molecule has 168 valence electrons. The van der Waals surface area contributed by atoms with E-state index in [1.54, 1.807) is 6.07 Å². The van der Waals surface area contributed by atoms with Gasteiger partial charge in [0.25, 0.3) is 0 Å². The number of sulfonamides is 1. The molecule has 3 rings (SSSR count). The monoisotopic (exact) mass is 506 g/mol. The fourth-order valence-corrected chi connectivity index (χ4v) is 5.42. The van der Waals surface area contributed by atoms with Crippen molar-refractivity contribution in [1.82, 2.24) is 4.31 Å². The van der Waals surface area contributed by atoms with Gasteiger partial charge in [0.1, 0.15) is 0 Å². The van der Waals surface area contributed by atoms with Crippen LogP contribution in [0.25, 0.3) is 0 Å². The number of anilines is 1. The number of hydrogen-bond acceptors (Lipinski definition) is 5. The van der Waals surface area contributed by atoms with Gasteiger partial charge in [-0.3, -0.25) is 4.79 Å². The normalized spacial score (nSPS) is 15.5. The topological polar surface area (TPSA) is 84.9 Å². The zero-order valence-electron chi connectivity index (χ0n) is 16.8. The summed E-state index contributed by atoms with van der Waals surface area (Å²) in [6, 6.07) is 7.40. The van der Waals surface area contributed by atoms with E-state index in [1.807, 2.05) is 0 Å². The number of halogens is 3. The van der Waals surface area contributed by atoms with Gasteiger partial charge in [-0.15, -0.1) is 0 Å². The van der Waals surface area contributed by atoms with Crippen LogP contribution in [0.4, 0.5) is 5.69 Å². The van der Waals surface area contributed by atoms with Crippen molar-refractivity contribution >= 4 is 56.4 Å². The van der Waals surface area contributed by atoms with Gasteiger partial charge in [0.05, 0.1) is 39.9 Å². The van der Waals surface area contributed by atoms with Crippen molar-refractivity contribution in [3.63, 3.8) is 0 Å². The molecule has 0 spiro atoms. The summed E-state index contributed by atoms with van der Waals surface area (Å²) in [5.41, 5.74) is 0.362. The summed E-state index contributed by atoms with van der Waals surface area (Å²) in [7, 11) is -0.810. The van der Waals surface area contributed by atoms with Crippen LogP contribution in [0.1, 0.15) is 12.8 Å². The van der Waals surface area contributed by atoms with Crippen molar-refractivity contribution in [2.75, 3.05) is 32.6 Å². The van der Waals surface area contributed by atoms with Crippen LogP contribution in [0.15, 0.2) is 35.2 Å². The summed E-state index contributed by atoms with van der Waals surface area (Å²) >= 11 is 18.0. The zero-order chi connectivity index (χ0) is 22.8. The number of amides is 1. The molecular weight excluding hydrogens is 487 g/mol. The Morgan fingerprint density at radius 1 is 0.968 bits per heavy atom. The molecule has 2 aromatic rings. The molecule has 0 aromatic heterocycles. The van der Waals surface area contributed by atoms with E-state index in [0.717, 1.165) is 0 Å². The molecule has 1 fully saturated rings. The number of piperidine rings is 1. The Morgan fingerprint density at radius 2 is 1.58 bits per heavy atom. The first-order valence-corrected chi connectivity index (χ1v) is 11.9. The third kappa shape index (κ3) is 5.21. The molecule has 1 aliphatic heterocycles. The maximum Gasteiger partial charge on any atom is 0.243 e. The van der Waals surface area contributed by atoms with Gasteiger partial charge in [0.15, 0.2) is 11.5 Å². The van der Waals surface area contributed by atoms with E-state index in [-0.39, 0.29) is 39.9 Å². The molecule has 1 N–H and O–H groups in total. The first-order chi connectivity index (χ1) is 14.7. The van der Waals surface area contributed by atoms with Crippen molar-refractivity contribution in [2.24, 2.45) is 5.92 Å². The van der Waals surface area contributed by atoms with Crippen molar-refractivity contribution in [3.8, 4) is 11.5 Å². The molecule has 0 bridgehead atoms. The van der Waals surface area contributed by atoms with Crippen LogP contribution < -0.4 is 14.8 Å². The molecule has 0 atom stereocenters. The largest absolute Gasteiger partial charge is 0.493 e. The summed E-state index contributed by atoms with van der Waals surface area (Å²) in [5, 5.41) is 3.59. The SMILES string of the molecule is COc1ccc(S(=O)(=O)N2CCC(C(=O)Nc3cc(Cl)c(Cl)cc3Cl)CC2)cc1OC. The lowest BCUT2D eigenvalue weighted by molar-refractivity contribution is -0.120. The number of hydrogen-bond donors (Lipinski definition) is 1. The second-order valence-corrected chi connectivity index (χ2v) is 10.1.